The van der Waals surface area contributed by atoms with Crippen LogP contribution in [0.5, 0.6) is 0 Å². The summed E-state index contributed by atoms with van der Waals surface area (Å²) in [5.41, 5.74) is 0.0818. The first-order chi connectivity index (χ1) is 10.6. The molecule has 6 heteroatoms. The number of aliphatic carboxylic acids is 1. The molecule has 1 heterocycles. The molecular formula is C16H22N2O4. The van der Waals surface area contributed by atoms with Gasteiger partial charge in [0.05, 0.1) is 0 Å². The van der Waals surface area contributed by atoms with Gasteiger partial charge in [0.25, 0.3) is 5.91 Å². The Kier molecular flexibility index (Phi) is 3.93. The minimum absolute atomic E-state index is 0.309. The maximum absolute atomic E-state index is 12.8. The zero-order valence-corrected chi connectivity index (χ0v) is 12.9. The van der Waals surface area contributed by atoms with Crippen molar-refractivity contribution in [3.05, 3.63) is 17.0 Å². The molecule has 1 saturated carbocycles. The lowest BCUT2D eigenvalue weighted by Gasteiger charge is -2.40. The van der Waals surface area contributed by atoms with Crippen LogP contribution in [0.15, 0.2) is 4.52 Å². The van der Waals surface area contributed by atoms with Crippen LogP contribution in [-0.2, 0) is 17.6 Å². The number of aromatic nitrogens is 1. The summed E-state index contributed by atoms with van der Waals surface area (Å²) in [5.74, 6) is -0.451. The van der Waals surface area contributed by atoms with Gasteiger partial charge in [0.1, 0.15) is 11.3 Å². The van der Waals surface area contributed by atoms with E-state index in [-0.39, 0.29) is 5.91 Å². The van der Waals surface area contributed by atoms with Crippen molar-refractivity contribution < 1.29 is 19.2 Å². The summed E-state index contributed by atoms with van der Waals surface area (Å²) in [5, 5.41) is 13.7. The van der Waals surface area contributed by atoms with Gasteiger partial charge in [-0.2, -0.15) is 0 Å². The molecule has 2 aliphatic carbocycles. The largest absolute Gasteiger partial charge is 0.479 e. The summed E-state index contributed by atoms with van der Waals surface area (Å²) in [6.07, 6.45) is 7.36. The number of fused-ring (bicyclic) bond motifs is 1. The minimum atomic E-state index is -1.10. The second kappa shape index (κ2) is 5.74. The Labute approximate surface area is 129 Å². The van der Waals surface area contributed by atoms with Gasteiger partial charge in [0.15, 0.2) is 5.69 Å². The lowest BCUT2D eigenvalue weighted by atomic mass is 9.80. The Bertz CT molecular complexity index is 587. The van der Waals surface area contributed by atoms with Crippen LogP contribution in [0.2, 0.25) is 0 Å². The number of aryl methyl sites for hydroxylation is 1. The molecule has 1 fully saturated rings. The van der Waals surface area contributed by atoms with E-state index in [0.29, 0.717) is 18.5 Å². The number of amides is 1. The van der Waals surface area contributed by atoms with E-state index < -0.39 is 11.5 Å². The molecule has 2 aliphatic rings. The van der Waals surface area contributed by atoms with Crippen LogP contribution < -0.4 is 0 Å². The molecule has 0 atom stereocenters. The number of carboxylic acids is 1. The summed E-state index contributed by atoms with van der Waals surface area (Å²) in [6, 6.07) is 0. The fraction of sp³-hybridized carbons (Fsp3) is 0.688. The Morgan fingerprint density at radius 3 is 2.50 bits per heavy atom. The third-order valence-electron chi connectivity index (χ3n) is 5.18. The van der Waals surface area contributed by atoms with Crippen molar-refractivity contribution in [3.8, 4) is 0 Å². The lowest BCUT2D eigenvalue weighted by Crippen LogP contribution is -2.56. The summed E-state index contributed by atoms with van der Waals surface area (Å²) in [4.78, 5) is 26.1. The third kappa shape index (κ3) is 2.30. The molecule has 0 saturated heterocycles. The van der Waals surface area contributed by atoms with Crippen LogP contribution in [0, 0.1) is 0 Å². The maximum atomic E-state index is 12.8. The first-order valence-electron chi connectivity index (χ1n) is 8.05. The van der Waals surface area contributed by atoms with E-state index in [1.165, 1.54) is 4.90 Å². The second-order valence-corrected chi connectivity index (χ2v) is 6.40. The summed E-state index contributed by atoms with van der Waals surface area (Å²) >= 11 is 0. The monoisotopic (exact) mass is 306 g/mol. The van der Waals surface area contributed by atoms with Crippen LogP contribution >= 0.6 is 0 Å². The third-order valence-corrected chi connectivity index (χ3v) is 5.18. The molecule has 0 spiro atoms. The predicted octanol–water partition coefficient (Wildman–Crippen LogP) is 2.41. The fourth-order valence-corrected chi connectivity index (χ4v) is 3.74. The molecule has 3 rings (SSSR count). The van der Waals surface area contributed by atoms with Gasteiger partial charge in [0.2, 0.25) is 0 Å². The second-order valence-electron chi connectivity index (χ2n) is 6.40. The zero-order valence-electron chi connectivity index (χ0n) is 12.9. The van der Waals surface area contributed by atoms with E-state index in [0.717, 1.165) is 56.3 Å². The Balaban J connectivity index is 1.90. The molecule has 120 valence electrons. The topological polar surface area (TPSA) is 83.6 Å². The van der Waals surface area contributed by atoms with Crippen molar-refractivity contribution in [2.75, 3.05) is 7.05 Å². The summed E-state index contributed by atoms with van der Waals surface area (Å²) < 4.78 is 5.29. The van der Waals surface area contributed by atoms with E-state index in [2.05, 4.69) is 5.16 Å². The molecule has 0 bridgehead atoms. The van der Waals surface area contributed by atoms with Crippen LogP contribution in [0.3, 0.4) is 0 Å². The van der Waals surface area contributed by atoms with Gasteiger partial charge in [-0.1, -0.05) is 24.4 Å². The van der Waals surface area contributed by atoms with E-state index >= 15 is 0 Å². The Hall–Kier alpha value is -1.85. The number of rotatable bonds is 3. The molecular weight excluding hydrogens is 284 g/mol. The van der Waals surface area contributed by atoms with Gasteiger partial charge in [-0.15, -0.1) is 0 Å². The van der Waals surface area contributed by atoms with Crippen molar-refractivity contribution >= 4 is 11.9 Å². The van der Waals surface area contributed by atoms with Crippen molar-refractivity contribution in [3.63, 3.8) is 0 Å². The quantitative estimate of drug-likeness (QED) is 0.927. The highest BCUT2D eigenvalue weighted by Gasteiger charge is 2.46. The average molecular weight is 306 g/mol. The highest BCUT2D eigenvalue weighted by molar-refractivity contribution is 5.97. The molecule has 1 N–H and O–H groups in total. The van der Waals surface area contributed by atoms with Crippen molar-refractivity contribution in [2.24, 2.45) is 0 Å². The van der Waals surface area contributed by atoms with Crippen LogP contribution in [0.25, 0.3) is 0 Å². The molecule has 22 heavy (non-hydrogen) atoms. The van der Waals surface area contributed by atoms with E-state index in [9.17, 15) is 14.7 Å². The van der Waals surface area contributed by atoms with Gasteiger partial charge in [-0.05, 0) is 32.1 Å². The summed E-state index contributed by atoms with van der Waals surface area (Å²) in [7, 11) is 1.59. The number of hydrogen-bond donors (Lipinski definition) is 1. The molecule has 1 aromatic rings. The number of carbonyl (C=O) groups is 2. The standard InChI is InChI=1S/C16H22N2O4/c1-18(16(15(20)21)9-5-2-6-10-16)14(19)13-11-7-3-4-8-12(11)22-17-13/h2-10H2,1H3,(H,20,21). The van der Waals surface area contributed by atoms with Crippen LogP contribution in [0.1, 0.15) is 66.8 Å². The molecule has 6 nitrogen and oxygen atoms in total. The van der Waals surface area contributed by atoms with Gasteiger partial charge in [0, 0.05) is 19.0 Å². The van der Waals surface area contributed by atoms with E-state index in [1.807, 2.05) is 0 Å². The summed E-state index contributed by atoms with van der Waals surface area (Å²) in [6.45, 7) is 0. The number of likely N-dealkylation sites (N-methyl/N-ethyl adjacent to an activating group) is 1. The Morgan fingerprint density at radius 1 is 1.14 bits per heavy atom. The fourth-order valence-electron chi connectivity index (χ4n) is 3.74. The number of carbonyl (C=O) groups excluding carboxylic acids is 1. The zero-order chi connectivity index (χ0) is 15.7. The molecule has 0 aromatic carbocycles. The van der Waals surface area contributed by atoms with E-state index in [4.69, 9.17) is 4.52 Å². The molecule has 0 unspecified atom stereocenters. The first-order valence-corrected chi connectivity index (χ1v) is 8.05. The number of carboxylic acid groups (broad SMARTS) is 1. The van der Waals surface area contributed by atoms with Gasteiger partial charge in [-0.25, -0.2) is 4.79 Å². The SMILES string of the molecule is CN(C(=O)c1noc2c1CCCC2)C1(C(=O)O)CCCCC1. The van der Waals surface area contributed by atoms with Crippen molar-refractivity contribution in [1.82, 2.24) is 10.1 Å². The highest BCUT2D eigenvalue weighted by Crippen LogP contribution is 2.35. The Morgan fingerprint density at radius 2 is 1.82 bits per heavy atom. The van der Waals surface area contributed by atoms with Gasteiger partial charge >= 0.3 is 5.97 Å². The maximum Gasteiger partial charge on any atom is 0.329 e. The van der Waals surface area contributed by atoms with Crippen molar-refractivity contribution in [1.29, 1.82) is 0 Å². The predicted molar refractivity (Wildman–Crippen MR) is 78.7 cm³/mol. The van der Waals surface area contributed by atoms with E-state index in [1.54, 1.807) is 7.05 Å². The lowest BCUT2D eigenvalue weighted by molar-refractivity contribution is -0.151. The molecule has 1 amide bonds. The molecule has 0 aliphatic heterocycles. The van der Waals surface area contributed by atoms with Gasteiger partial charge in [-0.3, -0.25) is 4.79 Å². The number of hydrogen-bond acceptors (Lipinski definition) is 4. The van der Waals surface area contributed by atoms with Gasteiger partial charge < -0.3 is 14.5 Å². The highest BCUT2D eigenvalue weighted by atomic mass is 16.5. The molecule has 1 aromatic heterocycles. The van der Waals surface area contributed by atoms with Crippen molar-refractivity contribution in [2.45, 2.75) is 63.3 Å². The van der Waals surface area contributed by atoms with Crippen LogP contribution in [0.4, 0.5) is 0 Å². The first kappa shape index (κ1) is 15.1. The molecule has 0 radical (unpaired) electrons. The number of nitrogens with zero attached hydrogens (tertiary/aromatic N) is 2. The average Bonchev–Trinajstić information content (AvgIpc) is 2.98. The normalized spacial score (nSPS) is 20.2. The minimum Gasteiger partial charge on any atom is -0.479 e. The van der Waals surface area contributed by atoms with Crippen LogP contribution in [-0.4, -0.2) is 39.6 Å². The smallest absolute Gasteiger partial charge is 0.329 e.